The topological polar surface area (TPSA) is 74.2 Å². The highest BCUT2D eigenvalue weighted by molar-refractivity contribution is 5.74. The second kappa shape index (κ2) is 5.79. The predicted octanol–water partition coefficient (Wildman–Crippen LogP) is 1.43. The average Bonchev–Trinajstić information content (AvgIpc) is 3.25. The molecule has 110 valence electrons. The van der Waals surface area contributed by atoms with Gasteiger partial charge in [-0.05, 0) is 30.5 Å². The van der Waals surface area contributed by atoms with Crippen molar-refractivity contribution in [2.24, 2.45) is 5.41 Å². The molecule has 1 aliphatic rings. The van der Waals surface area contributed by atoms with Gasteiger partial charge in [0, 0.05) is 36.3 Å². The predicted molar refractivity (Wildman–Crippen MR) is 77.4 cm³/mol. The van der Waals surface area contributed by atoms with Crippen molar-refractivity contribution in [2.45, 2.75) is 32.1 Å². The zero-order valence-corrected chi connectivity index (χ0v) is 12.1. The SMILES string of the molecule is CC(C)(CNC(=O)NCC1(CO)CC1)c1ccncc1. The maximum Gasteiger partial charge on any atom is 0.314 e. The Balaban J connectivity index is 1.78. The van der Waals surface area contributed by atoms with Gasteiger partial charge in [0.25, 0.3) is 0 Å². The van der Waals surface area contributed by atoms with Crippen molar-refractivity contribution in [3.05, 3.63) is 30.1 Å². The van der Waals surface area contributed by atoms with Gasteiger partial charge in [0.2, 0.25) is 0 Å². The Labute approximate surface area is 119 Å². The van der Waals surface area contributed by atoms with Crippen LogP contribution in [0.5, 0.6) is 0 Å². The van der Waals surface area contributed by atoms with E-state index in [-0.39, 0.29) is 23.5 Å². The van der Waals surface area contributed by atoms with Crippen LogP contribution in [0, 0.1) is 5.41 Å². The van der Waals surface area contributed by atoms with Crippen molar-refractivity contribution in [3.8, 4) is 0 Å². The molecule has 1 aromatic rings. The van der Waals surface area contributed by atoms with E-state index in [1.165, 1.54) is 0 Å². The van der Waals surface area contributed by atoms with Crippen LogP contribution in [-0.4, -0.2) is 35.8 Å². The first-order chi connectivity index (χ1) is 9.47. The highest BCUT2D eigenvalue weighted by atomic mass is 16.3. The maximum absolute atomic E-state index is 11.8. The summed E-state index contributed by atoms with van der Waals surface area (Å²) in [6, 6.07) is 3.75. The minimum absolute atomic E-state index is 0.0576. The second-order valence-corrected chi connectivity index (χ2v) is 6.31. The van der Waals surface area contributed by atoms with Crippen molar-refractivity contribution in [2.75, 3.05) is 19.7 Å². The summed E-state index contributed by atoms with van der Waals surface area (Å²) in [6.07, 6.45) is 5.50. The second-order valence-electron chi connectivity index (χ2n) is 6.31. The van der Waals surface area contributed by atoms with Crippen LogP contribution < -0.4 is 10.6 Å². The number of hydrogen-bond donors (Lipinski definition) is 3. The van der Waals surface area contributed by atoms with E-state index in [9.17, 15) is 9.90 Å². The van der Waals surface area contributed by atoms with Crippen LogP contribution >= 0.6 is 0 Å². The van der Waals surface area contributed by atoms with Crippen molar-refractivity contribution in [3.63, 3.8) is 0 Å². The molecule has 0 spiro atoms. The standard InChI is InChI=1S/C15H23N3O2/c1-14(2,12-3-7-16-8-4-12)9-17-13(20)18-10-15(11-19)5-6-15/h3-4,7-8,19H,5-6,9-11H2,1-2H3,(H2,17,18,20). The minimum Gasteiger partial charge on any atom is -0.396 e. The van der Waals surface area contributed by atoms with Gasteiger partial charge < -0.3 is 15.7 Å². The molecule has 1 aromatic heterocycles. The molecule has 0 saturated heterocycles. The number of carbonyl (C=O) groups is 1. The van der Waals surface area contributed by atoms with Gasteiger partial charge >= 0.3 is 6.03 Å². The molecule has 0 radical (unpaired) electrons. The molecular formula is C15H23N3O2. The molecule has 2 rings (SSSR count). The first kappa shape index (κ1) is 14.8. The smallest absolute Gasteiger partial charge is 0.314 e. The van der Waals surface area contributed by atoms with Crippen molar-refractivity contribution >= 4 is 6.03 Å². The molecule has 0 unspecified atom stereocenters. The fraction of sp³-hybridized carbons (Fsp3) is 0.600. The van der Waals surface area contributed by atoms with E-state index in [1.54, 1.807) is 12.4 Å². The molecule has 1 heterocycles. The normalized spacial score (nSPS) is 16.6. The number of urea groups is 1. The van der Waals surface area contributed by atoms with Gasteiger partial charge in [0.15, 0.2) is 0 Å². The van der Waals surface area contributed by atoms with E-state index in [0.29, 0.717) is 13.1 Å². The lowest BCUT2D eigenvalue weighted by atomic mass is 9.85. The number of pyridine rings is 1. The molecule has 20 heavy (non-hydrogen) atoms. The summed E-state index contributed by atoms with van der Waals surface area (Å²) in [5, 5.41) is 14.9. The molecule has 5 heteroatoms. The molecule has 0 aliphatic heterocycles. The number of nitrogens with zero attached hydrogens (tertiary/aromatic N) is 1. The summed E-state index contributed by atoms with van der Waals surface area (Å²) in [6.45, 7) is 5.41. The van der Waals surface area contributed by atoms with Crippen LogP contribution in [0.15, 0.2) is 24.5 Å². The Morgan fingerprint density at radius 3 is 2.55 bits per heavy atom. The summed E-state index contributed by atoms with van der Waals surface area (Å²) in [5.74, 6) is 0. The zero-order chi connectivity index (χ0) is 14.6. The number of nitrogens with one attached hydrogen (secondary N) is 2. The Morgan fingerprint density at radius 1 is 1.35 bits per heavy atom. The van der Waals surface area contributed by atoms with Crippen molar-refractivity contribution in [1.82, 2.24) is 15.6 Å². The zero-order valence-electron chi connectivity index (χ0n) is 12.1. The van der Waals surface area contributed by atoms with Gasteiger partial charge in [-0.15, -0.1) is 0 Å². The summed E-state index contributed by atoms with van der Waals surface area (Å²) in [7, 11) is 0. The molecule has 1 aliphatic carbocycles. The lowest BCUT2D eigenvalue weighted by Gasteiger charge is -2.25. The van der Waals surface area contributed by atoms with Gasteiger partial charge in [-0.3, -0.25) is 4.98 Å². The first-order valence-corrected chi connectivity index (χ1v) is 7.01. The summed E-state index contributed by atoms with van der Waals surface area (Å²) < 4.78 is 0. The summed E-state index contributed by atoms with van der Waals surface area (Å²) >= 11 is 0. The highest BCUT2D eigenvalue weighted by Gasteiger charge is 2.42. The van der Waals surface area contributed by atoms with E-state index in [1.807, 2.05) is 12.1 Å². The van der Waals surface area contributed by atoms with E-state index in [2.05, 4.69) is 29.5 Å². The molecule has 1 saturated carbocycles. The Hall–Kier alpha value is -1.62. The maximum atomic E-state index is 11.8. The van der Waals surface area contributed by atoms with E-state index in [4.69, 9.17) is 0 Å². The first-order valence-electron chi connectivity index (χ1n) is 7.01. The number of hydrogen-bond acceptors (Lipinski definition) is 3. The Bertz CT molecular complexity index is 455. The summed E-state index contributed by atoms with van der Waals surface area (Å²) in [5.41, 5.74) is 0.939. The summed E-state index contributed by atoms with van der Waals surface area (Å²) in [4.78, 5) is 15.8. The lowest BCUT2D eigenvalue weighted by molar-refractivity contribution is 0.202. The minimum atomic E-state index is -0.174. The molecule has 2 amide bonds. The van der Waals surface area contributed by atoms with Crippen LogP contribution in [0.2, 0.25) is 0 Å². The molecule has 3 N–H and O–H groups in total. The van der Waals surface area contributed by atoms with Crippen molar-refractivity contribution < 1.29 is 9.90 Å². The largest absolute Gasteiger partial charge is 0.396 e. The quantitative estimate of drug-likeness (QED) is 0.736. The van der Waals surface area contributed by atoms with E-state index in [0.717, 1.165) is 18.4 Å². The number of carbonyl (C=O) groups excluding carboxylic acids is 1. The third-order valence-corrected chi connectivity index (χ3v) is 4.07. The third-order valence-electron chi connectivity index (χ3n) is 4.07. The van der Waals surface area contributed by atoms with Gasteiger partial charge in [0.1, 0.15) is 0 Å². The Kier molecular flexibility index (Phi) is 4.28. The molecule has 1 fully saturated rings. The van der Waals surface area contributed by atoms with Crippen LogP contribution in [0.25, 0.3) is 0 Å². The fourth-order valence-corrected chi connectivity index (χ4v) is 2.10. The number of aliphatic hydroxyl groups is 1. The molecular weight excluding hydrogens is 254 g/mol. The number of rotatable bonds is 6. The van der Waals surface area contributed by atoms with Gasteiger partial charge in [0.05, 0.1) is 6.61 Å². The average molecular weight is 277 g/mol. The van der Waals surface area contributed by atoms with Gasteiger partial charge in [-0.2, -0.15) is 0 Å². The van der Waals surface area contributed by atoms with E-state index >= 15 is 0 Å². The highest BCUT2D eigenvalue weighted by Crippen LogP contribution is 2.44. The third kappa shape index (κ3) is 3.70. The lowest BCUT2D eigenvalue weighted by Crippen LogP contribution is -2.44. The molecule has 0 aromatic carbocycles. The Morgan fingerprint density at radius 2 is 2.00 bits per heavy atom. The fourth-order valence-electron chi connectivity index (χ4n) is 2.10. The van der Waals surface area contributed by atoms with E-state index < -0.39 is 0 Å². The molecule has 0 atom stereocenters. The number of amides is 2. The van der Waals surface area contributed by atoms with Crippen LogP contribution in [0.4, 0.5) is 4.79 Å². The van der Waals surface area contributed by atoms with Crippen LogP contribution in [-0.2, 0) is 5.41 Å². The molecule has 5 nitrogen and oxygen atoms in total. The van der Waals surface area contributed by atoms with Gasteiger partial charge in [-0.25, -0.2) is 4.79 Å². The van der Waals surface area contributed by atoms with Gasteiger partial charge in [-0.1, -0.05) is 13.8 Å². The number of aliphatic hydroxyl groups excluding tert-OH is 1. The molecule has 0 bridgehead atoms. The number of aromatic nitrogens is 1. The van der Waals surface area contributed by atoms with Crippen LogP contribution in [0.3, 0.4) is 0 Å². The monoisotopic (exact) mass is 277 g/mol. The van der Waals surface area contributed by atoms with Crippen LogP contribution in [0.1, 0.15) is 32.3 Å². The van der Waals surface area contributed by atoms with Crippen molar-refractivity contribution in [1.29, 1.82) is 0 Å².